The number of carbonyl (C=O) groups excluding carboxylic acids is 2. The summed E-state index contributed by atoms with van der Waals surface area (Å²) in [7, 11) is 0. The first kappa shape index (κ1) is 17.0. The number of amides is 3. The highest BCUT2D eigenvalue weighted by molar-refractivity contribution is 6.07. The zero-order valence-corrected chi connectivity index (χ0v) is 15.7. The molecule has 1 heterocycles. The van der Waals surface area contributed by atoms with Crippen LogP contribution >= 0.6 is 0 Å². The summed E-state index contributed by atoms with van der Waals surface area (Å²) in [5.41, 5.74) is 2.20. The van der Waals surface area contributed by atoms with E-state index < -0.39 is 5.54 Å². The molecule has 2 aliphatic rings. The smallest absolute Gasteiger partial charge is 0.319 e. The third-order valence-electron chi connectivity index (χ3n) is 6.11. The molecule has 140 valence electrons. The van der Waals surface area contributed by atoms with Gasteiger partial charge in [-0.25, -0.2) is 4.79 Å². The maximum atomic E-state index is 13.6. The predicted octanol–water partition coefficient (Wildman–Crippen LogP) is 4.51. The van der Waals surface area contributed by atoms with Crippen LogP contribution in [0.3, 0.4) is 0 Å². The van der Waals surface area contributed by atoms with Gasteiger partial charge in [-0.05, 0) is 53.1 Å². The average Bonchev–Trinajstić information content (AvgIpc) is 2.86. The maximum Gasteiger partial charge on any atom is 0.325 e. The van der Waals surface area contributed by atoms with E-state index in [9.17, 15) is 9.59 Å². The Morgan fingerprint density at radius 2 is 1.68 bits per heavy atom. The number of urea groups is 1. The number of fused-ring (bicyclic) bond motifs is 3. The Morgan fingerprint density at radius 1 is 0.893 bits per heavy atom. The first-order valence-corrected chi connectivity index (χ1v) is 9.88. The molecule has 1 N–H and O–H groups in total. The topological polar surface area (TPSA) is 49.4 Å². The largest absolute Gasteiger partial charge is 0.325 e. The van der Waals surface area contributed by atoms with Crippen LogP contribution in [0.2, 0.25) is 0 Å². The molecule has 1 atom stereocenters. The molecule has 4 nitrogen and oxygen atoms in total. The second-order valence-corrected chi connectivity index (χ2v) is 7.73. The Kier molecular flexibility index (Phi) is 3.93. The summed E-state index contributed by atoms with van der Waals surface area (Å²) in [6.07, 6.45) is 3.55. The molecule has 3 aromatic carbocycles. The van der Waals surface area contributed by atoms with Gasteiger partial charge in [0.05, 0.1) is 6.54 Å². The first-order chi connectivity index (χ1) is 13.7. The van der Waals surface area contributed by atoms with Crippen LogP contribution in [0, 0.1) is 0 Å². The number of nitrogens with zero attached hydrogens (tertiary/aromatic N) is 1. The minimum Gasteiger partial charge on any atom is -0.319 e. The highest BCUT2D eigenvalue weighted by Gasteiger charge is 2.53. The summed E-state index contributed by atoms with van der Waals surface area (Å²) in [5.74, 6) is -0.125. The Balaban J connectivity index is 1.55. The minimum atomic E-state index is -0.922. The van der Waals surface area contributed by atoms with E-state index in [0.29, 0.717) is 6.42 Å². The van der Waals surface area contributed by atoms with Crippen LogP contribution in [0.25, 0.3) is 10.8 Å². The highest BCUT2D eigenvalue weighted by atomic mass is 16.2. The maximum absolute atomic E-state index is 13.6. The average molecular weight is 370 g/mol. The SMILES string of the molecule is O=C1NC2(CCCCc3ccccc32)C(=O)N1Cc1cccc2ccccc12. The molecule has 1 fully saturated rings. The Hall–Kier alpha value is -3.14. The summed E-state index contributed by atoms with van der Waals surface area (Å²) >= 11 is 0. The molecule has 0 radical (unpaired) electrons. The van der Waals surface area contributed by atoms with Gasteiger partial charge in [0, 0.05) is 0 Å². The molecule has 1 spiro atoms. The number of nitrogens with one attached hydrogen (secondary N) is 1. The van der Waals surface area contributed by atoms with E-state index in [0.717, 1.165) is 41.2 Å². The predicted molar refractivity (Wildman–Crippen MR) is 109 cm³/mol. The Bertz CT molecular complexity index is 1090. The molecule has 0 bridgehead atoms. The van der Waals surface area contributed by atoms with Crippen LogP contribution in [-0.4, -0.2) is 16.8 Å². The fourth-order valence-corrected chi connectivity index (χ4v) is 4.72. The van der Waals surface area contributed by atoms with Crippen LogP contribution in [0.1, 0.15) is 36.0 Å². The van der Waals surface area contributed by atoms with Gasteiger partial charge in [-0.2, -0.15) is 0 Å². The monoisotopic (exact) mass is 370 g/mol. The number of rotatable bonds is 2. The van der Waals surface area contributed by atoms with E-state index in [-0.39, 0.29) is 18.5 Å². The van der Waals surface area contributed by atoms with Crippen molar-refractivity contribution in [2.24, 2.45) is 0 Å². The molecule has 3 amide bonds. The number of benzene rings is 3. The second kappa shape index (κ2) is 6.48. The van der Waals surface area contributed by atoms with Gasteiger partial charge in [0.1, 0.15) is 5.54 Å². The van der Waals surface area contributed by atoms with Gasteiger partial charge < -0.3 is 5.32 Å². The zero-order chi connectivity index (χ0) is 19.1. The fraction of sp³-hybridized carbons (Fsp3) is 0.250. The van der Waals surface area contributed by atoms with Gasteiger partial charge in [-0.15, -0.1) is 0 Å². The summed E-state index contributed by atoms with van der Waals surface area (Å²) in [5, 5.41) is 5.26. The Labute approximate surface area is 164 Å². The highest BCUT2D eigenvalue weighted by Crippen LogP contribution is 2.39. The van der Waals surface area contributed by atoms with E-state index in [1.54, 1.807) is 0 Å². The van der Waals surface area contributed by atoms with Crippen molar-refractivity contribution < 1.29 is 9.59 Å². The lowest BCUT2D eigenvalue weighted by atomic mass is 9.84. The summed E-state index contributed by atoms with van der Waals surface area (Å²) in [6, 6.07) is 21.8. The number of hydrogen-bond acceptors (Lipinski definition) is 2. The summed E-state index contributed by atoms with van der Waals surface area (Å²) in [6.45, 7) is 0.288. The van der Waals surface area contributed by atoms with Crippen molar-refractivity contribution in [2.45, 2.75) is 37.8 Å². The van der Waals surface area contributed by atoms with Crippen molar-refractivity contribution in [1.82, 2.24) is 10.2 Å². The third kappa shape index (κ3) is 2.52. The van der Waals surface area contributed by atoms with Crippen LogP contribution in [0.4, 0.5) is 4.79 Å². The number of aryl methyl sites for hydroxylation is 1. The normalized spacial score (nSPS) is 21.6. The van der Waals surface area contributed by atoms with Crippen LogP contribution in [0.15, 0.2) is 66.7 Å². The molecule has 4 heteroatoms. The molecule has 1 unspecified atom stereocenters. The summed E-state index contributed by atoms with van der Waals surface area (Å²) < 4.78 is 0. The van der Waals surface area contributed by atoms with Gasteiger partial charge in [-0.1, -0.05) is 66.7 Å². The molecule has 5 rings (SSSR count). The number of hydrogen-bond donors (Lipinski definition) is 1. The van der Waals surface area contributed by atoms with Crippen molar-refractivity contribution in [2.75, 3.05) is 0 Å². The summed E-state index contributed by atoms with van der Waals surface area (Å²) in [4.78, 5) is 27.9. The van der Waals surface area contributed by atoms with E-state index in [1.807, 2.05) is 60.7 Å². The van der Waals surface area contributed by atoms with E-state index in [4.69, 9.17) is 0 Å². The van der Waals surface area contributed by atoms with Crippen molar-refractivity contribution in [1.29, 1.82) is 0 Å². The fourth-order valence-electron chi connectivity index (χ4n) is 4.72. The zero-order valence-electron chi connectivity index (χ0n) is 15.7. The molecule has 0 saturated carbocycles. The molecular weight excluding hydrogens is 348 g/mol. The van der Waals surface area contributed by atoms with Crippen LogP contribution < -0.4 is 5.32 Å². The van der Waals surface area contributed by atoms with Gasteiger partial charge in [-0.3, -0.25) is 9.69 Å². The van der Waals surface area contributed by atoms with Gasteiger partial charge in [0.25, 0.3) is 5.91 Å². The van der Waals surface area contributed by atoms with E-state index in [2.05, 4.69) is 11.4 Å². The van der Waals surface area contributed by atoms with Gasteiger partial charge in [0.15, 0.2) is 0 Å². The first-order valence-electron chi connectivity index (χ1n) is 9.88. The molecule has 1 saturated heterocycles. The quantitative estimate of drug-likeness (QED) is 0.675. The van der Waals surface area contributed by atoms with Crippen LogP contribution in [0.5, 0.6) is 0 Å². The molecule has 28 heavy (non-hydrogen) atoms. The molecule has 3 aromatic rings. The number of imide groups is 1. The van der Waals surface area contributed by atoms with Crippen molar-refractivity contribution >= 4 is 22.7 Å². The van der Waals surface area contributed by atoms with Crippen LogP contribution in [-0.2, 0) is 23.3 Å². The van der Waals surface area contributed by atoms with Gasteiger partial charge in [0.2, 0.25) is 0 Å². The van der Waals surface area contributed by atoms with Crippen molar-refractivity contribution in [3.63, 3.8) is 0 Å². The lowest BCUT2D eigenvalue weighted by Crippen LogP contribution is -2.44. The van der Waals surface area contributed by atoms with E-state index >= 15 is 0 Å². The Morgan fingerprint density at radius 3 is 2.61 bits per heavy atom. The van der Waals surface area contributed by atoms with Gasteiger partial charge >= 0.3 is 6.03 Å². The molecule has 1 aliphatic heterocycles. The second-order valence-electron chi connectivity index (χ2n) is 7.73. The molecule has 1 aliphatic carbocycles. The number of carbonyl (C=O) groups is 2. The van der Waals surface area contributed by atoms with Crippen molar-refractivity contribution in [3.8, 4) is 0 Å². The lowest BCUT2D eigenvalue weighted by molar-refractivity contribution is -0.132. The minimum absolute atomic E-state index is 0.125. The third-order valence-corrected chi connectivity index (χ3v) is 6.11. The lowest BCUT2D eigenvalue weighted by Gasteiger charge is -2.27. The molecular formula is C24H22N2O2. The standard InChI is InChI=1S/C24H22N2O2/c27-22-24(15-6-5-10-18-9-2-4-14-21(18)24)25-23(28)26(22)16-19-12-7-11-17-8-1-3-13-20(17)19/h1-4,7-9,11-14H,5-6,10,15-16H2,(H,25,28). The molecule has 0 aromatic heterocycles. The van der Waals surface area contributed by atoms with Crippen molar-refractivity contribution in [3.05, 3.63) is 83.4 Å². The van der Waals surface area contributed by atoms with E-state index in [1.165, 1.54) is 10.5 Å².